The van der Waals surface area contributed by atoms with Crippen molar-refractivity contribution < 1.29 is 22.8 Å². The molecule has 0 bridgehead atoms. The van der Waals surface area contributed by atoms with Gasteiger partial charge in [0.05, 0.1) is 5.56 Å². The normalized spacial score (nSPS) is 23.1. The van der Waals surface area contributed by atoms with E-state index in [0.29, 0.717) is 32.6 Å². The highest BCUT2D eigenvalue weighted by atomic mass is 35.5. The number of benzene rings is 1. The predicted octanol–water partition coefficient (Wildman–Crippen LogP) is 2.93. The van der Waals surface area contributed by atoms with E-state index in [9.17, 15) is 22.8 Å². The summed E-state index contributed by atoms with van der Waals surface area (Å²) in [7, 11) is 0. The van der Waals surface area contributed by atoms with E-state index in [1.165, 1.54) is 12.1 Å². The molecule has 156 valence electrons. The van der Waals surface area contributed by atoms with E-state index in [2.05, 4.69) is 0 Å². The predicted molar refractivity (Wildman–Crippen MR) is 101 cm³/mol. The fourth-order valence-corrected chi connectivity index (χ4v) is 3.82. The molecule has 9 heteroatoms. The van der Waals surface area contributed by atoms with Gasteiger partial charge in [-0.15, -0.1) is 12.4 Å². The van der Waals surface area contributed by atoms with Crippen molar-refractivity contribution in [2.45, 2.75) is 37.9 Å². The molecule has 1 aromatic carbocycles. The number of carbonyl (C=O) groups excluding carboxylic acids is 2. The highest BCUT2D eigenvalue weighted by Gasteiger charge is 2.33. The first-order valence-corrected chi connectivity index (χ1v) is 9.26. The van der Waals surface area contributed by atoms with Gasteiger partial charge in [0.1, 0.15) is 0 Å². The summed E-state index contributed by atoms with van der Waals surface area (Å²) >= 11 is 0. The molecule has 2 fully saturated rings. The van der Waals surface area contributed by atoms with E-state index in [0.717, 1.165) is 31.4 Å². The van der Waals surface area contributed by atoms with Crippen LogP contribution in [0, 0.1) is 5.92 Å². The number of hydrogen-bond acceptors (Lipinski definition) is 3. The van der Waals surface area contributed by atoms with Crippen LogP contribution in [0.15, 0.2) is 24.3 Å². The van der Waals surface area contributed by atoms with Crippen LogP contribution in [-0.2, 0) is 11.0 Å². The third-order valence-corrected chi connectivity index (χ3v) is 5.40. The van der Waals surface area contributed by atoms with Crippen molar-refractivity contribution >= 4 is 24.2 Å². The summed E-state index contributed by atoms with van der Waals surface area (Å²) in [6, 6.07) is 4.31. The number of carbonyl (C=O) groups is 2. The molecule has 1 heterocycles. The van der Waals surface area contributed by atoms with Gasteiger partial charge in [0.25, 0.3) is 5.91 Å². The molecule has 2 N–H and O–H groups in total. The van der Waals surface area contributed by atoms with E-state index < -0.39 is 11.7 Å². The van der Waals surface area contributed by atoms with E-state index in [1.54, 1.807) is 9.80 Å². The third-order valence-electron chi connectivity index (χ3n) is 5.40. The lowest BCUT2D eigenvalue weighted by molar-refractivity contribution is -0.138. The molecule has 2 unspecified atom stereocenters. The van der Waals surface area contributed by atoms with Crippen molar-refractivity contribution in [2.75, 3.05) is 26.2 Å². The Bertz CT molecular complexity index is 689. The van der Waals surface area contributed by atoms with Crippen LogP contribution in [0.3, 0.4) is 0 Å². The number of alkyl halides is 3. The van der Waals surface area contributed by atoms with Crippen molar-refractivity contribution in [1.82, 2.24) is 9.80 Å². The average Bonchev–Trinajstić information content (AvgIpc) is 2.66. The number of rotatable bonds is 2. The molecule has 0 spiro atoms. The van der Waals surface area contributed by atoms with E-state index in [1.807, 2.05) is 0 Å². The van der Waals surface area contributed by atoms with Crippen molar-refractivity contribution in [3.05, 3.63) is 35.4 Å². The lowest BCUT2D eigenvalue weighted by Crippen LogP contribution is -2.52. The molecule has 1 saturated heterocycles. The van der Waals surface area contributed by atoms with E-state index >= 15 is 0 Å². The Morgan fingerprint density at radius 2 is 1.54 bits per heavy atom. The fourth-order valence-electron chi connectivity index (χ4n) is 3.82. The van der Waals surface area contributed by atoms with Crippen molar-refractivity contribution in [3.8, 4) is 0 Å². The standard InChI is InChI=1S/C19H24F3N3O2.ClH/c20-19(21,22)15-6-4-13(5-7-15)17(26)24-8-10-25(11-9-24)18(27)14-2-1-3-16(23)12-14;/h4-7,14,16H,1-3,8-12,23H2;1H. The third kappa shape index (κ3) is 5.17. The van der Waals surface area contributed by atoms with Crippen LogP contribution in [0.2, 0.25) is 0 Å². The summed E-state index contributed by atoms with van der Waals surface area (Å²) in [5, 5.41) is 0. The summed E-state index contributed by atoms with van der Waals surface area (Å²) in [6.45, 7) is 1.64. The van der Waals surface area contributed by atoms with Crippen LogP contribution < -0.4 is 5.73 Å². The van der Waals surface area contributed by atoms with E-state index in [-0.39, 0.29) is 41.7 Å². The molecule has 0 aromatic heterocycles. The van der Waals surface area contributed by atoms with Crippen LogP contribution in [0.4, 0.5) is 13.2 Å². The monoisotopic (exact) mass is 419 g/mol. The van der Waals surface area contributed by atoms with Gasteiger partial charge in [0.15, 0.2) is 0 Å². The maximum Gasteiger partial charge on any atom is 0.416 e. The summed E-state index contributed by atoms with van der Waals surface area (Å²) in [5.41, 5.74) is 5.41. The van der Waals surface area contributed by atoms with Crippen molar-refractivity contribution in [3.63, 3.8) is 0 Å². The van der Waals surface area contributed by atoms with Crippen molar-refractivity contribution in [2.24, 2.45) is 11.7 Å². The average molecular weight is 420 g/mol. The van der Waals surface area contributed by atoms with Crippen LogP contribution in [-0.4, -0.2) is 53.8 Å². The molecule has 3 rings (SSSR count). The van der Waals surface area contributed by atoms with Crippen molar-refractivity contribution in [1.29, 1.82) is 0 Å². The quantitative estimate of drug-likeness (QED) is 0.801. The zero-order valence-electron chi connectivity index (χ0n) is 15.5. The Morgan fingerprint density at radius 1 is 0.964 bits per heavy atom. The Kier molecular flexibility index (Phi) is 7.33. The summed E-state index contributed by atoms with van der Waals surface area (Å²) in [5.74, 6) is -0.242. The smallest absolute Gasteiger partial charge is 0.339 e. The van der Waals surface area contributed by atoms with Gasteiger partial charge >= 0.3 is 6.18 Å². The van der Waals surface area contributed by atoms with Gasteiger partial charge in [-0.1, -0.05) is 6.42 Å². The summed E-state index contributed by atoms with van der Waals surface area (Å²) in [6.07, 6.45) is -0.931. The molecular formula is C19H25ClF3N3O2. The Morgan fingerprint density at radius 3 is 2.07 bits per heavy atom. The largest absolute Gasteiger partial charge is 0.416 e. The lowest BCUT2D eigenvalue weighted by Gasteiger charge is -2.37. The summed E-state index contributed by atoms with van der Waals surface area (Å²) in [4.78, 5) is 28.5. The second-order valence-corrected chi connectivity index (χ2v) is 7.32. The van der Waals surface area contributed by atoms with Crippen LogP contribution >= 0.6 is 12.4 Å². The van der Waals surface area contributed by atoms with Crippen LogP contribution in [0.1, 0.15) is 41.6 Å². The maximum atomic E-state index is 12.6. The molecule has 1 aliphatic carbocycles. The van der Waals surface area contributed by atoms with Gasteiger partial charge in [0.2, 0.25) is 5.91 Å². The maximum absolute atomic E-state index is 12.6. The first-order chi connectivity index (χ1) is 12.8. The molecule has 1 aromatic rings. The van der Waals surface area contributed by atoms with E-state index in [4.69, 9.17) is 5.73 Å². The Hall–Kier alpha value is -1.80. The number of nitrogens with zero attached hydrogens (tertiary/aromatic N) is 2. The number of halogens is 4. The van der Waals surface area contributed by atoms with Gasteiger partial charge in [-0.3, -0.25) is 9.59 Å². The number of hydrogen-bond donors (Lipinski definition) is 1. The highest BCUT2D eigenvalue weighted by Crippen LogP contribution is 2.29. The lowest BCUT2D eigenvalue weighted by atomic mass is 9.85. The van der Waals surface area contributed by atoms with Gasteiger partial charge in [-0.2, -0.15) is 13.2 Å². The summed E-state index contributed by atoms with van der Waals surface area (Å²) < 4.78 is 37.9. The zero-order valence-corrected chi connectivity index (χ0v) is 16.3. The topological polar surface area (TPSA) is 66.6 Å². The Balaban J connectivity index is 0.00000280. The first kappa shape index (κ1) is 22.5. The number of piperazine rings is 1. The zero-order chi connectivity index (χ0) is 19.6. The minimum atomic E-state index is -4.42. The molecule has 2 aliphatic rings. The molecule has 28 heavy (non-hydrogen) atoms. The van der Waals surface area contributed by atoms with Gasteiger partial charge in [-0.25, -0.2) is 0 Å². The SMILES string of the molecule is Cl.NC1CCCC(C(=O)N2CCN(C(=O)c3ccc(C(F)(F)F)cc3)CC2)C1. The molecule has 2 amide bonds. The molecule has 2 atom stereocenters. The molecule has 5 nitrogen and oxygen atoms in total. The van der Waals surface area contributed by atoms with Gasteiger partial charge in [0, 0.05) is 43.7 Å². The van der Waals surface area contributed by atoms with Crippen LogP contribution in [0.5, 0.6) is 0 Å². The molecule has 0 radical (unpaired) electrons. The minimum Gasteiger partial charge on any atom is -0.339 e. The second-order valence-electron chi connectivity index (χ2n) is 7.32. The van der Waals surface area contributed by atoms with Crippen LogP contribution in [0.25, 0.3) is 0 Å². The molecular weight excluding hydrogens is 395 g/mol. The minimum absolute atomic E-state index is 0. The number of amides is 2. The Labute approximate surface area is 168 Å². The number of nitrogens with two attached hydrogens (primary N) is 1. The molecule has 1 aliphatic heterocycles. The first-order valence-electron chi connectivity index (χ1n) is 9.26. The molecule has 1 saturated carbocycles. The highest BCUT2D eigenvalue weighted by molar-refractivity contribution is 5.94. The van der Waals surface area contributed by atoms with Gasteiger partial charge < -0.3 is 15.5 Å². The van der Waals surface area contributed by atoms with Gasteiger partial charge in [-0.05, 0) is 43.5 Å². The fraction of sp³-hybridized carbons (Fsp3) is 0.579. The second kappa shape index (κ2) is 9.13.